The van der Waals surface area contributed by atoms with E-state index in [4.69, 9.17) is 38.6 Å². The zero-order chi connectivity index (χ0) is 62.8. The number of aliphatic imine (C=N–C) groups is 2. The van der Waals surface area contributed by atoms with E-state index in [1.165, 1.54) is 26.4 Å². The third kappa shape index (κ3) is 24.0. The van der Waals surface area contributed by atoms with Crippen LogP contribution in [0.4, 0.5) is 13.2 Å². The normalized spacial score (nSPS) is 20.8. The molecule has 0 bridgehead atoms. The number of carbonyl (C=O) groups excluding carboxylic acids is 9. The first-order valence-corrected chi connectivity index (χ1v) is 28.6. The summed E-state index contributed by atoms with van der Waals surface area (Å²) in [6, 6.07) is 5.16. The average molecular weight is 1230 g/mol. The first-order chi connectivity index (χ1) is 40.2. The second kappa shape index (κ2) is 33.9. The van der Waals surface area contributed by atoms with Crippen LogP contribution in [0.1, 0.15) is 56.4 Å². The Balaban J connectivity index is 0.00000208. The van der Waals surface area contributed by atoms with E-state index in [0.717, 1.165) is 32.5 Å². The largest absolute Gasteiger partial charge is 0.490 e. The van der Waals surface area contributed by atoms with Crippen LogP contribution in [0.25, 0.3) is 10.9 Å². The van der Waals surface area contributed by atoms with Crippen LogP contribution >= 0.6 is 21.6 Å². The Bertz CT molecular complexity index is 3000. The number of para-hydroxylation sites is 1. The molecule has 9 amide bonds. The number of hydrogen-bond acceptors (Lipinski definition) is 15. The summed E-state index contributed by atoms with van der Waals surface area (Å²) in [6.07, 6.45) is -0.549. The van der Waals surface area contributed by atoms with Gasteiger partial charge in [0.2, 0.25) is 53.2 Å². The van der Waals surface area contributed by atoms with Gasteiger partial charge in [0.1, 0.15) is 48.3 Å². The van der Waals surface area contributed by atoms with Crippen molar-refractivity contribution in [3.63, 3.8) is 0 Å². The minimum Gasteiger partial charge on any atom is -0.475 e. The number of aromatic amines is 2. The lowest BCUT2D eigenvalue weighted by Gasteiger charge is -2.27. The van der Waals surface area contributed by atoms with Crippen LogP contribution in [0.15, 0.2) is 83.3 Å². The molecule has 29 nitrogen and oxygen atoms in total. The molecule has 1 aliphatic rings. The lowest BCUT2D eigenvalue weighted by atomic mass is 10.0. The maximum atomic E-state index is 14.6. The third-order valence-corrected chi connectivity index (χ3v) is 14.7. The van der Waals surface area contributed by atoms with Crippen molar-refractivity contribution < 1.29 is 66.2 Å². The summed E-state index contributed by atoms with van der Waals surface area (Å²) in [6.45, 7) is 2.74. The number of H-pyrrole nitrogens is 2. The van der Waals surface area contributed by atoms with E-state index in [1.54, 1.807) is 42.6 Å². The number of carboxylic acid groups (broad SMARTS) is 1. The molecule has 21 N–H and O–H groups in total. The molecule has 0 spiro atoms. The predicted octanol–water partition coefficient (Wildman–Crippen LogP) is -2.54. The number of amides is 9. The molecular formula is C51H69F3N18O11S2. The van der Waals surface area contributed by atoms with Crippen molar-refractivity contribution in [1.82, 2.24) is 57.5 Å². The number of aliphatic carboxylic acids is 1. The lowest BCUT2D eigenvalue weighted by Crippen LogP contribution is -2.61. The summed E-state index contributed by atoms with van der Waals surface area (Å²) in [5.41, 5.74) is 30.3. The predicted molar refractivity (Wildman–Crippen MR) is 309 cm³/mol. The number of nitrogens with two attached hydrogens (primary N) is 5. The third-order valence-electron chi connectivity index (χ3n) is 12.3. The first kappa shape index (κ1) is 68.4. The molecule has 8 atom stereocenters. The van der Waals surface area contributed by atoms with Crippen molar-refractivity contribution in [2.45, 2.75) is 113 Å². The molecule has 2 aromatic carbocycles. The summed E-state index contributed by atoms with van der Waals surface area (Å²) in [7, 11) is 2.02. The second-order valence-corrected chi connectivity index (χ2v) is 21.6. The summed E-state index contributed by atoms with van der Waals surface area (Å²) in [5.74, 6) is -10.7. The maximum absolute atomic E-state index is 14.6. The quantitative estimate of drug-likeness (QED) is 0.0211. The molecule has 0 radical (unpaired) electrons. The Hall–Kier alpha value is -9.08. The van der Waals surface area contributed by atoms with Gasteiger partial charge in [-0.3, -0.25) is 53.1 Å². The van der Waals surface area contributed by atoms with Gasteiger partial charge in [0.15, 0.2) is 11.9 Å². The summed E-state index contributed by atoms with van der Waals surface area (Å²) in [5, 5.41) is 29.3. The smallest absolute Gasteiger partial charge is 0.475 e. The molecule has 0 saturated carbocycles. The van der Waals surface area contributed by atoms with Crippen LogP contribution in [-0.2, 0) is 67.2 Å². The number of benzene rings is 2. The molecular weight excluding hydrogens is 1160 g/mol. The molecule has 0 aliphatic carbocycles. The van der Waals surface area contributed by atoms with Gasteiger partial charge >= 0.3 is 12.1 Å². The number of carboxylic acids is 1. The van der Waals surface area contributed by atoms with Crippen molar-refractivity contribution in [3.8, 4) is 0 Å². The minimum atomic E-state index is -5.08. The topological polar surface area (TPSA) is 486 Å². The molecule has 2 aromatic heterocycles. The van der Waals surface area contributed by atoms with Crippen LogP contribution in [0, 0.1) is 0 Å². The number of primary amides is 1. The Morgan fingerprint density at radius 1 is 0.706 bits per heavy atom. The Labute approximate surface area is 492 Å². The van der Waals surface area contributed by atoms with Crippen LogP contribution in [0.2, 0.25) is 0 Å². The Morgan fingerprint density at radius 2 is 1.26 bits per heavy atom. The standard InChI is InChI=1S/C49H68N18O9S2.C2HF3O2/c1-26-41(70)63-37(20-30-22-55-25-59-30)46(75)64-35(18-28-10-4-3-5-11-28)44(73)62-34(15-9-17-57-49(53)54)43(72)65-36(19-29-21-58-32-13-7-6-12-31(29)32)45(74)66-38(40(50)69)23-77-78-24-39(47(76)60-26)67-42(71)33(61-27(2)68)14-8-16-56-48(51)52;3-2(4,5)1(6)7/h3-7,10-13,21-22,25-26,33-39,58H,8-9,14-20,23-24H2,1-2H3,(H2,50,69)(H,55,59)(H,60,76)(H,61,68)(H,62,73)(H,63,70)(H,64,75)(H,65,72)(H,66,74)(H,67,71)(H4,51,52,56)(H4,53,54,57);(H,6,7)/t26-,33+,34+,35?,36+,37+,38+,39?;/m1./s1. The molecule has 462 valence electrons. The SMILES string of the molecule is CC(=O)N[C@@H](CCCN=C(N)N)C(=O)NC1CSSC[C@@H](C(N)=O)NC(=O)[C@H](Cc2c[nH]c3ccccc23)NC(=O)[C@H](CCCN=C(N)N)NC(=O)C(Cc2ccccc2)NC(=O)[C@H](Cc2cnc[nH]2)NC(=O)[C@@H](C)NC1=O.O=C(O)C(F)(F)F. The van der Waals surface area contributed by atoms with Gasteiger partial charge in [-0.1, -0.05) is 70.1 Å². The average Bonchev–Trinajstić information content (AvgIpc) is 3.48. The van der Waals surface area contributed by atoms with Gasteiger partial charge in [0.25, 0.3) is 0 Å². The summed E-state index contributed by atoms with van der Waals surface area (Å²) in [4.78, 5) is 152. The van der Waals surface area contributed by atoms with Gasteiger partial charge in [-0.25, -0.2) is 9.78 Å². The first-order valence-electron chi connectivity index (χ1n) is 26.1. The van der Waals surface area contributed by atoms with Gasteiger partial charge in [-0.05, 0) is 49.8 Å². The number of rotatable bonds is 18. The van der Waals surface area contributed by atoms with Crippen LogP contribution in [0.5, 0.6) is 0 Å². The lowest BCUT2D eigenvalue weighted by molar-refractivity contribution is -0.192. The summed E-state index contributed by atoms with van der Waals surface area (Å²) >= 11 is 0. The van der Waals surface area contributed by atoms with Crippen molar-refractivity contribution in [2.24, 2.45) is 38.7 Å². The van der Waals surface area contributed by atoms with E-state index in [2.05, 4.69) is 67.5 Å². The van der Waals surface area contributed by atoms with Gasteiger partial charge in [-0.15, -0.1) is 0 Å². The van der Waals surface area contributed by atoms with Gasteiger partial charge in [-0.2, -0.15) is 13.2 Å². The van der Waals surface area contributed by atoms with Gasteiger partial charge in [0.05, 0.1) is 6.33 Å². The van der Waals surface area contributed by atoms with Crippen molar-refractivity contribution >= 4 is 104 Å². The molecule has 5 rings (SSSR count). The summed E-state index contributed by atoms with van der Waals surface area (Å²) < 4.78 is 31.7. The number of guanidine groups is 2. The fourth-order valence-corrected chi connectivity index (χ4v) is 10.4. The van der Waals surface area contributed by atoms with E-state index in [9.17, 15) is 56.3 Å². The van der Waals surface area contributed by atoms with Crippen LogP contribution in [0.3, 0.4) is 0 Å². The zero-order valence-electron chi connectivity index (χ0n) is 46.0. The Morgan fingerprint density at radius 3 is 1.86 bits per heavy atom. The molecule has 1 fully saturated rings. The number of nitrogens with zero attached hydrogens (tertiary/aromatic N) is 3. The molecule has 85 heavy (non-hydrogen) atoms. The number of nitrogens with one attached hydrogen (secondary N) is 10. The van der Waals surface area contributed by atoms with E-state index in [-0.39, 0.29) is 81.5 Å². The van der Waals surface area contributed by atoms with Crippen molar-refractivity contribution in [2.75, 3.05) is 24.6 Å². The number of hydrogen-bond donors (Lipinski definition) is 16. The number of fused-ring (bicyclic) bond motifs is 1. The highest BCUT2D eigenvalue weighted by atomic mass is 33.1. The van der Waals surface area contributed by atoms with E-state index < -0.39 is 114 Å². The molecule has 3 heterocycles. The highest BCUT2D eigenvalue weighted by molar-refractivity contribution is 8.76. The van der Waals surface area contributed by atoms with E-state index in [0.29, 0.717) is 16.8 Å². The van der Waals surface area contributed by atoms with Gasteiger partial charge in [0, 0.05) is 79.8 Å². The molecule has 4 aromatic rings. The Kier molecular flexibility index (Phi) is 27.3. The molecule has 2 unspecified atom stereocenters. The fraction of sp³-hybridized carbons (Fsp3) is 0.431. The maximum Gasteiger partial charge on any atom is 0.490 e. The number of imidazole rings is 1. The highest BCUT2D eigenvalue weighted by Gasteiger charge is 2.39. The number of carbonyl (C=O) groups is 10. The van der Waals surface area contributed by atoms with E-state index in [1.807, 2.05) is 18.2 Å². The molecule has 1 saturated heterocycles. The van der Waals surface area contributed by atoms with Crippen LogP contribution in [-0.4, -0.2) is 170 Å². The zero-order valence-corrected chi connectivity index (χ0v) is 47.7. The minimum absolute atomic E-state index is 0.0573. The highest BCUT2D eigenvalue weighted by Crippen LogP contribution is 2.24. The second-order valence-electron chi connectivity index (χ2n) is 19.1. The number of halogens is 3. The molecule has 34 heteroatoms. The number of alkyl halides is 3. The van der Waals surface area contributed by atoms with Gasteiger partial charge < -0.3 is 86.3 Å². The van der Waals surface area contributed by atoms with Crippen molar-refractivity contribution in [3.05, 3.63) is 90.1 Å². The van der Waals surface area contributed by atoms with Crippen LogP contribution < -0.4 is 71.2 Å². The molecule has 1 aliphatic heterocycles. The monoisotopic (exact) mass is 1230 g/mol. The fourth-order valence-electron chi connectivity index (χ4n) is 8.05. The van der Waals surface area contributed by atoms with Crippen molar-refractivity contribution in [1.29, 1.82) is 0 Å². The van der Waals surface area contributed by atoms with E-state index >= 15 is 0 Å². The number of aromatic nitrogens is 3.